The molecule has 8 nitrogen and oxygen atoms in total. The van der Waals surface area contributed by atoms with Crippen LogP contribution >= 0.6 is 0 Å². The van der Waals surface area contributed by atoms with Gasteiger partial charge in [0.2, 0.25) is 11.8 Å². The van der Waals surface area contributed by atoms with Gasteiger partial charge in [-0.2, -0.15) is 5.26 Å². The average Bonchev–Trinajstić information content (AvgIpc) is 3.04. The number of fused-ring (bicyclic) bond motifs is 1. The maximum Gasteiger partial charge on any atom is 0.224 e. The van der Waals surface area contributed by atoms with Gasteiger partial charge in [0, 0.05) is 38.7 Å². The minimum absolute atomic E-state index is 0.0260. The third-order valence-electron chi connectivity index (χ3n) is 5.49. The van der Waals surface area contributed by atoms with Crippen LogP contribution in [0.1, 0.15) is 32.3 Å². The molecular weight excluding hydrogens is 430 g/mol. The Morgan fingerprint density at radius 3 is 2.03 bits per heavy atom. The van der Waals surface area contributed by atoms with Crippen LogP contribution in [0.3, 0.4) is 0 Å². The lowest BCUT2D eigenvalue weighted by atomic mass is 10.1. The van der Waals surface area contributed by atoms with Crippen LogP contribution in [0.2, 0.25) is 0 Å². The topological polar surface area (TPSA) is 106 Å². The van der Waals surface area contributed by atoms with Crippen LogP contribution in [0.5, 0.6) is 0 Å². The van der Waals surface area contributed by atoms with E-state index in [1.54, 1.807) is 24.3 Å². The highest BCUT2D eigenvalue weighted by Gasteiger charge is 2.31. The fourth-order valence-corrected chi connectivity index (χ4v) is 3.90. The number of hydrogen-bond acceptors (Lipinski definition) is 6. The first-order valence-electron chi connectivity index (χ1n) is 11.1. The highest BCUT2D eigenvalue weighted by molar-refractivity contribution is 6.04. The molecule has 0 unspecified atom stereocenters. The number of nitrogens with one attached hydrogen (secondary N) is 2. The lowest BCUT2D eigenvalue weighted by Gasteiger charge is -2.19. The first-order valence-corrected chi connectivity index (χ1v) is 11.1. The van der Waals surface area contributed by atoms with E-state index in [0.29, 0.717) is 11.5 Å². The third kappa shape index (κ3) is 5.62. The lowest BCUT2D eigenvalue weighted by molar-refractivity contribution is -0.121. The number of nitriles is 1. The molecule has 0 bridgehead atoms. The molecule has 2 aromatic rings. The molecule has 0 fully saturated rings. The van der Waals surface area contributed by atoms with Crippen LogP contribution in [-0.2, 0) is 20.8 Å². The molecule has 1 heterocycles. The fraction of sp³-hybridized carbons (Fsp3) is 0.308. The van der Waals surface area contributed by atoms with Gasteiger partial charge < -0.3 is 20.4 Å². The molecule has 0 saturated heterocycles. The van der Waals surface area contributed by atoms with Crippen molar-refractivity contribution in [2.75, 3.05) is 29.2 Å². The summed E-state index contributed by atoms with van der Waals surface area (Å²) in [5.41, 5.74) is 3.25. The van der Waals surface area contributed by atoms with Crippen LogP contribution in [0.15, 0.2) is 59.9 Å². The van der Waals surface area contributed by atoms with Gasteiger partial charge in [0.1, 0.15) is 17.5 Å². The monoisotopic (exact) mass is 459 g/mol. The molecule has 3 rings (SSSR count). The van der Waals surface area contributed by atoms with Crippen LogP contribution in [0.25, 0.3) is 0 Å². The van der Waals surface area contributed by atoms with Crippen molar-refractivity contribution in [1.29, 1.82) is 5.26 Å². The van der Waals surface area contributed by atoms with E-state index in [-0.39, 0.29) is 48.5 Å². The third-order valence-corrected chi connectivity index (χ3v) is 5.49. The van der Waals surface area contributed by atoms with Gasteiger partial charge in [0.15, 0.2) is 5.78 Å². The SMILES string of the molecule is CC(C)NC(=O)Cc1ccc(NC(=O)CCC(=O)C(C#N)=C2N(C)c3ccccc3N2C)cc1. The van der Waals surface area contributed by atoms with Gasteiger partial charge in [-0.25, -0.2) is 0 Å². The molecular formula is C26H29N5O3. The molecule has 0 radical (unpaired) electrons. The Kier molecular flexibility index (Phi) is 7.69. The number of para-hydroxylation sites is 2. The number of rotatable bonds is 8. The van der Waals surface area contributed by atoms with Gasteiger partial charge in [0.25, 0.3) is 0 Å². The Hall–Kier alpha value is -4.12. The van der Waals surface area contributed by atoms with E-state index < -0.39 is 0 Å². The zero-order chi connectivity index (χ0) is 24.8. The molecule has 34 heavy (non-hydrogen) atoms. The number of amides is 2. The Morgan fingerprint density at radius 2 is 1.50 bits per heavy atom. The minimum Gasteiger partial charge on any atom is -0.354 e. The lowest BCUT2D eigenvalue weighted by Crippen LogP contribution is -2.31. The summed E-state index contributed by atoms with van der Waals surface area (Å²) < 4.78 is 0. The summed E-state index contributed by atoms with van der Waals surface area (Å²) in [6, 6.07) is 16.8. The van der Waals surface area contributed by atoms with Crippen LogP contribution in [0, 0.1) is 11.3 Å². The summed E-state index contributed by atoms with van der Waals surface area (Å²) in [6.07, 6.45) is 0.138. The second-order valence-corrected chi connectivity index (χ2v) is 8.48. The summed E-state index contributed by atoms with van der Waals surface area (Å²) in [5, 5.41) is 15.3. The van der Waals surface area contributed by atoms with Crippen molar-refractivity contribution >= 4 is 34.7 Å². The highest BCUT2D eigenvalue weighted by Crippen LogP contribution is 2.40. The van der Waals surface area contributed by atoms with Crippen LogP contribution in [0.4, 0.5) is 17.1 Å². The van der Waals surface area contributed by atoms with E-state index >= 15 is 0 Å². The van der Waals surface area contributed by atoms with E-state index in [1.807, 2.05) is 68.1 Å². The normalized spacial score (nSPS) is 12.3. The molecule has 0 atom stereocenters. The Morgan fingerprint density at radius 1 is 0.912 bits per heavy atom. The van der Waals surface area contributed by atoms with Gasteiger partial charge in [0.05, 0.1) is 17.8 Å². The fourth-order valence-electron chi connectivity index (χ4n) is 3.90. The maximum atomic E-state index is 12.8. The summed E-state index contributed by atoms with van der Waals surface area (Å²) in [6.45, 7) is 3.81. The smallest absolute Gasteiger partial charge is 0.224 e. The predicted molar refractivity (Wildman–Crippen MR) is 132 cm³/mol. The number of hydrogen-bond donors (Lipinski definition) is 2. The molecule has 0 aliphatic carbocycles. The zero-order valence-corrected chi connectivity index (χ0v) is 19.9. The standard InChI is InChI=1S/C26H29N5O3/c1-17(2)28-25(34)15-18-9-11-19(12-10-18)29-24(33)14-13-23(32)20(16-27)26-30(3)21-7-5-6-8-22(21)31(26)4/h5-12,17H,13-15H2,1-4H3,(H,28,34)(H,29,33). The molecule has 1 aliphatic heterocycles. The number of allylic oxidation sites excluding steroid dienone is 1. The average molecular weight is 460 g/mol. The van der Waals surface area contributed by atoms with Gasteiger partial charge in [-0.15, -0.1) is 0 Å². The zero-order valence-electron chi connectivity index (χ0n) is 19.9. The quantitative estimate of drug-likeness (QED) is 0.463. The van der Waals surface area contributed by atoms with E-state index in [4.69, 9.17) is 0 Å². The molecule has 8 heteroatoms. The molecule has 0 spiro atoms. The first kappa shape index (κ1) is 24.5. The molecule has 0 saturated carbocycles. The van der Waals surface area contributed by atoms with Gasteiger partial charge >= 0.3 is 0 Å². The van der Waals surface area contributed by atoms with Crippen molar-refractivity contribution in [3.63, 3.8) is 0 Å². The largest absolute Gasteiger partial charge is 0.354 e. The minimum atomic E-state index is -0.384. The first-order chi connectivity index (χ1) is 16.2. The molecule has 1 aliphatic rings. The van der Waals surface area contributed by atoms with Crippen molar-refractivity contribution in [3.05, 3.63) is 65.5 Å². The Labute approximate surface area is 199 Å². The molecule has 176 valence electrons. The predicted octanol–water partition coefficient (Wildman–Crippen LogP) is 3.36. The molecule has 2 N–H and O–H groups in total. The van der Waals surface area contributed by atoms with Crippen LogP contribution < -0.4 is 20.4 Å². The van der Waals surface area contributed by atoms with Crippen LogP contribution in [-0.4, -0.2) is 37.7 Å². The van der Waals surface area contributed by atoms with Crippen molar-refractivity contribution in [2.24, 2.45) is 0 Å². The van der Waals surface area contributed by atoms with E-state index in [1.165, 1.54) is 0 Å². The van der Waals surface area contributed by atoms with Gasteiger partial charge in [-0.05, 0) is 43.7 Å². The molecule has 2 aromatic carbocycles. The van der Waals surface area contributed by atoms with Gasteiger partial charge in [-0.3, -0.25) is 14.4 Å². The van der Waals surface area contributed by atoms with E-state index in [9.17, 15) is 19.6 Å². The number of carbonyl (C=O) groups is 3. The second kappa shape index (κ2) is 10.7. The molecule has 0 aromatic heterocycles. The summed E-state index contributed by atoms with van der Waals surface area (Å²) in [7, 11) is 3.62. The second-order valence-electron chi connectivity index (χ2n) is 8.48. The number of carbonyl (C=O) groups excluding carboxylic acids is 3. The maximum absolute atomic E-state index is 12.8. The summed E-state index contributed by atoms with van der Waals surface area (Å²) in [5.74, 6) is -0.261. The van der Waals surface area contributed by atoms with Crippen molar-refractivity contribution in [3.8, 4) is 6.07 Å². The number of anilines is 3. The number of benzene rings is 2. The Balaban J connectivity index is 1.58. The summed E-state index contributed by atoms with van der Waals surface area (Å²) in [4.78, 5) is 40.7. The molecule has 2 amide bonds. The number of ketones is 1. The van der Waals surface area contributed by atoms with Gasteiger partial charge in [-0.1, -0.05) is 24.3 Å². The number of nitrogens with zero attached hydrogens (tertiary/aromatic N) is 3. The van der Waals surface area contributed by atoms with Crippen molar-refractivity contribution in [2.45, 2.75) is 39.2 Å². The van der Waals surface area contributed by atoms with E-state index in [0.717, 1.165) is 16.9 Å². The van der Waals surface area contributed by atoms with Crippen molar-refractivity contribution < 1.29 is 14.4 Å². The van der Waals surface area contributed by atoms with Crippen molar-refractivity contribution in [1.82, 2.24) is 5.32 Å². The number of Topliss-reactive ketones (excluding diaryl/α,β-unsaturated/α-hetero) is 1. The highest BCUT2D eigenvalue weighted by atomic mass is 16.2. The summed E-state index contributed by atoms with van der Waals surface area (Å²) >= 11 is 0. The van der Waals surface area contributed by atoms with E-state index in [2.05, 4.69) is 10.6 Å². The Bertz CT molecular complexity index is 1130.